The third kappa shape index (κ3) is 4.30. The van der Waals surface area contributed by atoms with Gasteiger partial charge in [0.15, 0.2) is 0 Å². The summed E-state index contributed by atoms with van der Waals surface area (Å²) in [5, 5.41) is 0. The molecule has 0 bridgehead atoms. The molecule has 0 saturated carbocycles. The highest BCUT2D eigenvalue weighted by molar-refractivity contribution is 5.23. The van der Waals surface area contributed by atoms with E-state index in [1.807, 2.05) is 0 Å². The Morgan fingerprint density at radius 3 is 2.53 bits per heavy atom. The number of nitrogens with two attached hydrogens (primary N) is 1. The molecule has 1 aliphatic heterocycles. The lowest BCUT2D eigenvalue weighted by Crippen LogP contribution is -2.37. The molecular formula is C16H27N3. The second-order valence-electron chi connectivity index (χ2n) is 5.88. The molecule has 1 fully saturated rings. The van der Waals surface area contributed by atoms with Crippen LogP contribution in [-0.2, 0) is 13.0 Å². The van der Waals surface area contributed by atoms with Gasteiger partial charge in [0.25, 0.3) is 0 Å². The van der Waals surface area contributed by atoms with Gasteiger partial charge in [0.1, 0.15) is 0 Å². The molecule has 3 heteroatoms. The molecule has 2 N–H and O–H groups in total. The zero-order chi connectivity index (χ0) is 13.7. The van der Waals surface area contributed by atoms with Crippen molar-refractivity contribution in [2.75, 3.05) is 33.7 Å². The van der Waals surface area contributed by atoms with E-state index in [2.05, 4.69) is 48.2 Å². The molecule has 0 spiro atoms. The average Bonchev–Trinajstić information content (AvgIpc) is 2.79. The number of hydrogen-bond acceptors (Lipinski definition) is 3. The van der Waals surface area contributed by atoms with Crippen LogP contribution in [0.1, 0.15) is 24.0 Å². The summed E-state index contributed by atoms with van der Waals surface area (Å²) in [5.41, 5.74) is 8.35. The number of hydrogen-bond donors (Lipinski definition) is 1. The smallest absolute Gasteiger partial charge is 0.0237 e. The number of benzene rings is 1. The highest BCUT2D eigenvalue weighted by Gasteiger charge is 2.24. The van der Waals surface area contributed by atoms with Crippen molar-refractivity contribution in [2.45, 2.75) is 31.8 Å². The predicted molar refractivity (Wildman–Crippen MR) is 81.2 cm³/mol. The summed E-state index contributed by atoms with van der Waals surface area (Å²) in [4.78, 5) is 4.92. The molecule has 19 heavy (non-hydrogen) atoms. The number of likely N-dealkylation sites (tertiary alicyclic amines) is 1. The number of rotatable bonds is 6. The zero-order valence-electron chi connectivity index (χ0n) is 12.3. The zero-order valence-corrected chi connectivity index (χ0v) is 12.3. The molecule has 2 rings (SSSR count). The molecule has 106 valence electrons. The maximum absolute atomic E-state index is 5.58. The predicted octanol–water partition coefficient (Wildman–Crippen LogP) is 1.71. The third-order valence-electron chi connectivity index (χ3n) is 3.92. The Hall–Kier alpha value is -0.900. The first kappa shape index (κ1) is 14.5. The largest absolute Gasteiger partial charge is 0.330 e. The van der Waals surface area contributed by atoms with E-state index in [1.54, 1.807) is 0 Å². The van der Waals surface area contributed by atoms with Crippen molar-refractivity contribution < 1.29 is 0 Å². The highest BCUT2D eigenvalue weighted by atomic mass is 15.2. The molecular weight excluding hydrogens is 234 g/mol. The Balaban J connectivity index is 1.92. The third-order valence-corrected chi connectivity index (χ3v) is 3.92. The van der Waals surface area contributed by atoms with E-state index in [-0.39, 0.29) is 0 Å². The van der Waals surface area contributed by atoms with E-state index in [4.69, 9.17) is 5.73 Å². The van der Waals surface area contributed by atoms with Crippen LogP contribution in [0.15, 0.2) is 24.3 Å². The molecule has 1 unspecified atom stereocenters. The molecule has 1 aromatic rings. The van der Waals surface area contributed by atoms with E-state index in [9.17, 15) is 0 Å². The topological polar surface area (TPSA) is 32.5 Å². The summed E-state index contributed by atoms with van der Waals surface area (Å²) in [7, 11) is 4.33. The standard InChI is InChI=1S/C16H27N3/c1-18(2)13-16-4-3-11-19(16)12-15-7-5-14(6-8-15)9-10-17/h5-8,16H,3-4,9-13,17H2,1-2H3. The van der Waals surface area contributed by atoms with Crippen LogP contribution in [0.25, 0.3) is 0 Å². The van der Waals surface area contributed by atoms with Gasteiger partial charge in [-0.3, -0.25) is 4.90 Å². The van der Waals surface area contributed by atoms with Crippen molar-refractivity contribution in [3.05, 3.63) is 35.4 Å². The van der Waals surface area contributed by atoms with Crippen molar-refractivity contribution in [2.24, 2.45) is 5.73 Å². The number of likely N-dealkylation sites (N-methyl/N-ethyl adjacent to an activating group) is 1. The minimum absolute atomic E-state index is 0.721. The van der Waals surface area contributed by atoms with Gasteiger partial charge in [-0.05, 0) is 57.6 Å². The van der Waals surface area contributed by atoms with Gasteiger partial charge in [-0.1, -0.05) is 24.3 Å². The Morgan fingerprint density at radius 1 is 1.21 bits per heavy atom. The van der Waals surface area contributed by atoms with Crippen LogP contribution >= 0.6 is 0 Å². The van der Waals surface area contributed by atoms with Crippen LogP contribution in [0.3, 0.4) is 0 Å². The normalized spacial score (nSPS) is 20.3. The number of nitrogens with zero attached hydrogens (tertiary/aromatic N) is 2. The lowest BCUT2D eigenvalue weighted by molar-refractivity contribution is 0.201. The maximum Gasteiger partial charge on any atom is 0.0237 e. The summed E-state index contributed by atoms with van der Waals surface area (Å²) in [6.07, 6.45) is 3.65. The molecule has 0 aromatic heterocycles. The first-order valence-electron chi connectivity index (χ1n) is 7.35. The van der Waals surface area contributed by atoms with E-state index in [0.717, 1.165) is 25.6 Å². The molecule has 1 aromatic carbocycles. The summed E-state index contributed by atoms with van der Waals surface area (Å²) in [6, 6.07) is 9.68. The van der Waals surface area contributed by atoms with Crippen molar-refractivity contribution in [1.29, 1.82) is 0 Å². The van der Waals surface area contributed by atoms with E-state index >= 15 is 0 Å². The Labute approximate surface area is 117 Å². The van der Waals surface area contributed by atoms with E-state index in [1.165, 1.54) is 37.1 Å². The summed E-state index contributed by atoms with van der Waals surface area (Å²) in [5.74, 6) is 0. The van der Waals surface area contributed by atoms with Gasteiger partial charge in [0.2, 0.25) is 0 Å². The van der Waals surface area contributed by atoms with Gasteiger partial charge in [0.05, 0.1) is 0 Å². The molecule has 3 nitrogen and oxygen atoms in total. The van der Waals surface area contributed by atoms with E-state index in [0.29, 0.717) is 0 Å². The molecule has 1 atom stereocenters. The quantitative estimate of drug-likeness (QED) is 0.846. The molecule has 1 heterocycles. The van der Waals surface area contributed by atoms with Crippen LogP contribution in [0.4, 0.5) is 0 Å². The molecule has 1 aliphatic rings. The van der Waals surface area contributed by atoms with Crippen molar-refractivity contribution >= 4 is 0 Å². The first-order chi connectivity index (χ1) is 9.19. The summed E-state index contributed by atoms with van der Waals surface area (Å²) in [6.45, 7) is 4.23. The summed E-state index contributed by atoms with van der Waals surface area (Å²) >= 11 is 0. The minimum Gasteiger partial charge on any atom is -0.330 e. The average molecular weight is 261 g/mol. The van der Waals surface area contributed by atoms with E-state index < -0.39 is 0 Å². The van der Waals surface area contributed by atoms with Gasteiger partial charge in [-0.15, -0.1) is 0 Å². The Morgan fingerprint density at radius 2 is 1.89 bits per heavy atom. The Kier molecular flexibility index (Phi) is 5.37. The monoisotopic (exact) mass is 261 g/mol. The SMILES string of the molecule is CN(C)CC1CCCN1Cc1ccc(CCN)cc1. The second kappa shape index (κ2) is 7.04. The van der Waals surface area contributed by atoms with Crippen molar-refractivity contribution in [1.82, 2.24) is 9.80 Å². The molecule has 0 aliphatic carbocycles. The van der Waals surface area contributed by atoms with Gasteiger partial charge < -0.3 is 10.6 Å². The van der Waals surface area contributed by atoms with Crippen molar-refractivity contribution in [3.63, 3.8) is 0 Å². The maximum atomic E-state index is 5.58. The Bertz CT molecular complexity index is 372. The van der Waals surface area contributed by atoms with Crippen LogP contribution in [-0.4, -0.2) is 49.6 Å². The second-order valence-corrected chi connectivity index (χ2v) is 5.88. The van der Waals surface area contributed by atoms with Gasteiger partial charge in [-0.25, -0.2) is 0 Å². The van der Waals surface area contributed by atoms with Gasteiger partial charge >= 0.3 is 0 Å². The molecule has 1 saturated heterocycles. The molecule has 0 radical (unpaired) electrons. The lowest BCUT2D eigenvalue weighted by atomic mass is 10.1. The van der Waals surface area contributed by atoms with Crippen LogP contribution in [0.2, 0.25) is 0 Å². The lowest BCUT2D eigenvalue weighted by Gasteiger charge is -2.27. The van der Waals surface area contributed by atoms with Crippen LogP contribution < -0.4 is 5.73 Å². The highest BCUT2D eigenvalue weighted by Crippen LogP contribution is 2.20. The molecule has 0 amide bonds. The van der Waals surface area contributed by atoms with Crippen LogP contribution in [0, 0.1) is 0 Å². The summed E-state index contributed by atoms with van der Waals surface area (Å²) < 4.78 is 0. The van der Waals surface area contributed by atoms with Crippen LogP contribution in [0.5, 0.6) is 0 Å². The fourth-order valence-corrected chi connectivity index (χ4v) is 2.94. The fourth-order valence-electron chi connectivity index (χ4n) is 2.94. The fraction of sp³-hybridized carbons (Fsp3) is 0.625. The van der Waals surface area contributed by atoms with Gasteiger partial charge in [0, 0.05) is 19.1 Å². The first-order valence-corrected chi connectivity index (χ1v) is 7.35. The van der Waals surface area contributed by atoms with Crippen molar-refractivity contribution in [3.8, 4) is 0 Å². The van der Waals surface area contributed by atoms with Gasteiger partial charge in [-0.2, -0.15) is 0 Å². The minimum atomic E-state index is 0.721.